The summed E-state index contributed by atoms with van der Waals surface area (Å²) in [6.45, 7) is 0. The number of aromatic nitrogens is 3. The minimum atomic E-state index is -0.214. The second-order valence-corrected chi connectivity index (χ2v) is 9.75. The summed E-state index contributed by atoms with van der Waals surface area (Å²) < 4.78 is 0. The fourth-order valence-electron chi connectivity index (χ4n) is 4.31. The number of benzene rings is 4. The predicted molar refractivity (Wildman–Crippen MR) is 153 cm³/mol. The summed E-state index contributed by atoms with van der Waals surface area (Å²) in [5.41, 5.74) is 3.83. The minimum Gasteiger partial charge on any atom is -0.507 e. The Kier molecular flexibility index (Phi) is 6.34. The van der Waals surface area contributed by atoms with Gasteiger partial charge in [0.1, 0.15) is 5.75 Å². The third-order valence-electron chi connectivity index (χ3n) is 6.17. The molecular weight excluding hydrogens is 492 g/mol. The van der Waals surface area contributed by atoms with Gasteiger partial charge < -0.3 is 10.4 Å². The number of aromatic hydroxyl groups is 1. The molecule has 0 spiro atoms. The predicted octanol–water partition coefficient (Wildman–Crippen LogP) is 7.39. The Hall–Kier alpha value is -4.88. The molecule has 0 saturated heterocycles. The molecule has 6 aromatic rings. The lowest BCUT2D eigenvalue weighted by molar-refractivity contribution is 0.102. The number of anilines is 1. The van der Waals surface area contributed by atoms with E-state index in [1.54, 1.807) is 18.3 Å². The molecule has 6 nitrogen and oxygen atoms in total. The lowest BCUT2D eigenvalue weighted by Crippen LogP contribution is -2.13. The molecule has 0 aliphatic carbocycles. The third kappa shape index (κ3) is 4.75. The normalized spacial score (nSPS) is 11.4. The monoisotopic (exact) mass is 514 g/mol. The molecular formula is C31H22N4O2S. The van der Waals surface area contributed by atoms with E-state index in [1.165, 1.54) is 11.8 Å². The fraction of sp³-hybridized carbons (Fsp3) is 0. The van der Waals surface area contributed by atoms with Crippen molar-refractivity contribution in [3.63, 3.8) is 0 Å². The maximum atomic E-state index is 13.3. The number of rotatable bonds is 6. The molecule has 38 heavy (non-hydrogen) atoms. The number of aromatic amines is 1. The molecule has 0 aliphatic rings. The van der Waals surface area contributed by atoms with Crippen LogP contribution < -0.4 is 5.32 Å². The Morgan fingerprint density at radius 3 is 2.58 bits per heavy atom. The molecule has 184 valence electrons. The van der Waals surface area contributed by atoms with Crippen molar-refractivity contribution >= 4 is 57.2 Å². The van der Waals surface area contributed by atoms with Crippen LogP contribution in [0.2, 0.25) is 0 Å². The minimum absolute atomic E-state index is 0.180. The number of hydrogen-bond donors (Lipinski definition) is 3. The van der Waals surface area contributed by atoms with Gasteiger partial charge in [0.25, 0.3) is 5.91 Å². The number of H-pyrrole nitrogens is 1. The quantitative estimate of drug-likeness (QED) is 0.216. The number of nitrogens with one attached hydrogen (secondary N) is 2. The average molecular weight is 515 g/mol. The highest BCUT2D eigenvalue weighted by Gasteiger charge is 2.15. The van der Waals surface area contributed by atoms with E-state index in [1.807, 2.05) is 97.1 Å². The number of pyridine rings is 1. The molecule has 6 rings (SSSR count). The van der Waals surface area contributed by atoms with Crippen molar-refractivity contribution in [2.45, 2.75) is 9.79 Å². The van der Waals surface area contributed by atoms with E-state index in [2.05, 4.69) is 20.5 Å². The second kappa shape index (κ2) is 10.2. The van der Waals surface area contributed by atoms with Crippen LogP contribution in [0.3, 0.4) is 0 Å². The van der Waals surface area contributed by atoms with Gasteiger partial charge in [0, 0.05) is 37.8 Å². The van der Waals surface area contributed by atoms with Crippen LogP contribution in [0.4, 0.5) is 5.69 Å². The molecule has 2 heterocycles. The first-order chi connectivity index (χ1) is 18.7. The van der Waals surface area contributed by atoms with E-state index in [4.69, 9.17) is 0 Å². The highest BCUT2D eigenvalue weighted by atomic mass is 32.2. The van der Waals surface area contributed by atoms with Crippen LogP contribution in [-0.4, -0.2) is 26.2 Å². The van der Waals surface area contributed by atoms with Gasteiger partial charge in [-0.1, -0.05) is 54.2 Å². The van der Waals surface area contributed by atoms with E-state index >= 15 is 0 Å². The molecule has 0 bridgehead atoms. The van der Waals surface area contributed by atoms with Gasteiger partial charge in [-0.05, 0) is 66.7 Å². The third-order valence-corrected chi connectivity index (χ3v) is 7.24. The molecule has 0 fully saturated rings. The number of carbonyl (C=O) groups excluding carboxylic acids is 1. The van der Waals surface area contributed by atoms with Crippen molar-refractivity contribution in [2.24, 2.45) is 0 Å². The van der Waals surface area contributed by atoms with Crippen molar-refractivity contribution in [2.75, 3.05) is 5.32 Å². The Labute approximate surface area is 223 Å². The van der Waals surface area contributed by atoms with Crippen molar-refractivity contribution < 1.29 is 9.90 Å². The number of phenols is 1. The van der Waals surface area contributed by atoms with E-state index in [0.29, 0.717) is 16.6 Å². The number of nitrogens with zero attached hydrogens (tertiary/aromatic N) is 2. The number of fused-ring (bicyclic) bond motifs is 2. The van der Waals surface area contributed by atoms with Gasteiger partial charge in [0.15, 0.2) is 0 Å². The van der Waals surface area contributed by atoms with Crippen LogP contribution in [0.5, 0.6) is 5.75 Å². The highest BCUT2D eigenvalue weighted by Crippen LogP contribution is 2.34. The van der Waals surface area contributed by atoms with Crippen LogP contribution in [0, 0.1) is 0 Å². The summed E-state index contributed by atoms with van der Waals surface area (Å²) in [6, 6.07) is 30.2. The van der Waals surface area contributed by atoms with Crippen LogP contribution in [0.15, 0.2) is 113 Å². The smallest absolute Gasteiger partial charge is 0.256 e. The lowest BCUT2D eigenvalue weighted by atomic mass is 10.1. The first kappa shape index (κ1) is 23.5. The molecule has 0 aliphatic heterocycles. The van der Waals surface area contributed by atoms with Gasteiger partial charge in [-0.3, -0.25) is 14.9 Å². The van der Waals surface area contributed by atoms with E-state index < -0.39 is 0 Å². The molecule has 0 unspecified atom stereocenters. The number of carbonyl (C=O) groups is 1. The molecule has 3 N–H and O–H groups in total. The summed E-state index contributed by atoms with van der Waals surface area (Å²) in [6.07, 6.45) is 5.64. The summed E-state index contributed by atoms with van der Waals surface area (Å²) in [5.74, 6) is -0.0346. The maximum absolute atomic E-state index is 13.3. The van der Waals surface area contributed by atoms with E-state index in [9.17, 15) is 9.90 Å². The first-order valence-corrected chi connectivity index (χ1v) is 12.8. The SMILES string of the molecule is O=C(Nc1cccc2c(O)cccc12)c1ccccc1Sc1ccc2c(/C=C/c3ccccn3)n[nH]c2c1. The van der Waals surface area contributed by atoms with Crippen molar-refractivity contribution in [1.82, 2.24) is 15.2 Å². The van der Waals surface area contributed by atoms with E-state index in [-0.39, 0.29) is 11.7 Å². The lowest BCUT2D eigenvalue weighted by Gasteiger charge is -2.12. The molecule has 0 atom stereocenters. The molecule has 1 amide bonds. The van der Waals surface area contributed by atoms with Crippen molar-refractivity contribution in [3.8, 4) is 5.75 Å². The first-order valence-electron chi connectivity index (χ1n) is 12.0. The van der Waals surface area contributed by atoms with Crippen LogP contribution in [0.1, 0.15) is 21.7 Å². The summed E-state index contributed by atoms with van der Waals surface area (Å²) in [5, 5.41) is 23.2. The Balaban J connectivity index is 1.25. The highest BCUT2D eigenvalue weighted by molar-refractivity contribution is 7.99. The second-order valence-electron chi connectivity index (χ2n) is 8.63. The number of hydrogen-bond acceptors (Lipinski definition) is 5. The summed E-state index contributed by atoms with van der Waals surface area (Å²) >= 11 is 1.52. The largest absolute Gasteiger partial charge is 0.507 e. The van der Waals surface area contributed by atoms with E-state index in [0.717, 1.165) is 37.5 Å². The molecule has 0 saturated carbocycles. The molecule has 0 radical (unpaired) electrons. The van der Waals surface area contributed by atoms with Crippen molar-refractivity contribution in [1.29, 1.82) is 0 Å². The van der Waals surface area contributed by atoms with Crippen LogP contribution in [0.25, 0.3) is 33.8 Å². The zero-order valence-corrected chi connectivity index (χ0v) is 20.9. The van der Waals surface area contributed by atoms with Gasteiger partial charge in [-0.25, -0.2) is 0 Å². The van der Waals surface area contributed by atoms with Gasteiger partial charge in [0.2, 0.25) is 0 Å². The number of amides is 1. The van der Waals surface area contributed by atoms with Gasteiger partial charge in [-0.15, -0.1) is 0 Å². The molecule has 4 aromatic carbocycles. The van der Waals surface area contributed by atoms with Crippen molar-refractivity contribution in [3.05, 3.63) is 120 Å². The van der Waals surface area contributed by atoms with Crippen LogP contribution in [-0.2, 0) is 0 Å². The molecule has 2 aromatic heterocycles. The Bertz CT molecular complexity index is 1810. The topological polar surface area (TPSA) is 90.9 Å². The summed E-state index contributed by atoms with van der Waals surface area (Å²) in [7, 11) is 0. The Morgan fingerprint density at radius 2 is 1.68 bits per heavy atom. The zero-order chi connectivity index (χ0) is 25.9. The van der Waals surface area contributed by atoms with Gasteiger partial charge in [0.05, 0.1) is 22.5 Å². The Morgan fingerprint density at radius 1 is 0.842 bits per heavy atom. The van der Waals surface area contributed by atoms with Crippen LogP contribution >= 0.6 is 11.8 Å². The standard InChI is InChI=1S/C31H22N4O2S/c36-29-12-6-9-22-23(29)10-5-11-26(22)33-31(37)25-8-1-2-13-30(25)38-21-15-16-24-27(34-35-28(24)19-21)17-14-20-7-3-4-18-32-20/h1-19,36H,(H,33,37)(H,34,35)/b17-14+. The van der Waals surface area contributed by atoms with Gasteiger partial charge in [-0.2, -0.15) is 5.10 Å². The fourth-order valence-corrected chi connectivity index (χ4v) is 5.30. The van der Waals surface area contributed by atoms with Gasteiger partial charge >= 0.3 is 0 Å². The summed E-state index contributed by atoms with van der Waals surface area (Å²) in [4.78, 5) is 19.5. The average Bonchev–Trinajstić information content (AvgIpc) is 3.35. The zero-order valence-electron chi connectivity index (χ0n) is 20.1. The molecule has 7 heteroatoms. The number of phenolic OH excluding ortho intramolecular Hbond substituents is 1. The maximum Gasteiger partial charge on any atom is 0.256 e.